The predicted octanol–water partition coefficient (Wildman–Crippen LogP) is 2.98. The van der Waals surface area contributed by atoms with E-state index in [1.165, 1.54) is 0 Å². The highest BCUT2D eigenvalue weighted by atomic mass is 35.5. The first-order chi connectivity index (χ1) is 6.85. The summed E-state index contributed by atoms with van der Waals surface area (Å²) in [4.78, 5) is 7.98. The minimum Gasteiger partial charge on any atom is -0.366 e. The lowest BCUT2D eigenvalue weighted by Crippen LogP contribution is -2.11. The molecule has 0 amide bonds. The van der Waals surface area contributed by atoms with Gasteiger partial charge in [0.2, 0.25) is 5.28 Å². The third-order valence-electron chi connectivity index (χ3n) is 3.94. The summed E-state index contributed by atoms with van der Waals surface area (Å²) in [5.41, 5.74) is 0.592. The first kappa shape index (κ1) is 10.7. The second-order valence-electron chi connectivity index (χ2n) is 5.23. The number of hydrogen-bond donors (Lipinski definition) is 1. The number of nitrogens with zero attached hydrogens (tertiary/aromatic N) is 2. The average molecular weight is 226 g/mol. The Balaban J connectivity index is 2.12. The van der Waals surface area contributed by atoms with Gasteiger partial charge in [-0.1, -0.05) is 27.7 Å². The van der Waals surface area contributed by atoms with Crippen molar-refractivity contribution in [2.45, 2.75) is 33.7 Å². The van der Waals surface area contributed by atoms with Gasteiger partial charge in [-0.2, -0.15) is 0 Å². The number of anilines is 1. The molecule has 0 radical (unpaired) electrons. The van der Waals surface area contributed by atoms with Crippen molar-refractivity contribution < 1.29 is 0 Å². The summed E-state index contributed by atoms with van der Waals surface area (Å²) in [7, 11) is 0. The van der Waals surface area contributed by atoms with Crippen molar-refractivity contribution in [2.24, 2.45) is 10.8 Å². The Labute approximate surface area is 95.3 Å². The summed E-state index contributed by atoms with van der Waals surface area (Å²) in [6.07, 6.45) is 1.67. The van der Waals surface area contributed by atoms with E-state index < -0.39 is 0 Å². The molecule has 0 bridgehead atoms. The molecule has 1 saturated carbocycles. The van der Waals surface area contributed by atoms with E-state index in [-0.39, 0.29) is 5.28 Å². The fourth-order valence-electron chi connectivity index (χ4n) is 2.12. The van der Waals surface area contributed by atoms with Gasteiger partial charge in [0.1, 0.15) is 5.82 Å². The molecule has 0 saturated heterocycles. The SMILES string of the molecule is CC1(C)C(Nc2ccnc(Cl)n2)C1(C)C. The van der Waals surface area contributed by atoms with Crippen LogP contribution in [0, 0.1) is 10.8 Å². The van der Waals surface area contributed by atoms with E-state index in [2.05, 4.69) is 43.0 Å². The fourth-order valence-corrected chi connectivity index (χ4v) is 2.27. The molecule has 0 atom stereocenters. The summed E-state index contributed by atoms with van der Waals surface area (Å²) in [5.74, 6) is 0.804. The maximum Gasteiger partial charge on any atom is 0.224 e. The van der Waals surface area contributed by atoms with Crippen LogP contribution in [0.5, 0.6) is 0 Å². The van der Waals surface area contributed by atoms with E-state index >= 15 is 0 Å². The topological polar surface area (TPSA) is 37.8 Å². The zero-order valence-electron chi connectivity index (χ0n) is 9.50. The summed E-state index contributed by atoms with van der Waals surface area (Å²) in [6.45, 7) is 9.03. The van der Waals surface area contributed by atoms with Crippen molar-refractivity contribution in [2.75, 3.05) is 5.32 Å². The van der Waals surface area contributed by atoms with Crippen LogP contribution >= 0.6 is 11.6 Å². The minimum atomic E-state index is 0.288. The Bertz CT molecular complexity index is 373. The van der Waals surface area contributed by atoms with Gasteiger partial charge in [0.15, 0.2) is 0 Å². The number of rotatable bonds is 2. The average Bonchev–Trinajstić information content (AvgIpc) is 2.48. The molecule has 1 aliphatic carbocycles. The summed E-state index contributed by atoms with van der Waals surface area (Å²) < 4.78 is 0. The highest BCUT2D eigenvalue weighted by Crippen LogP contribution is 2.63. The maximum atomic E-state index is 5.73. The van der Waals surface area contributed by atoms with Gasteiger partial charge in [0.05, 0.1) is 0 Å². The van der Waals surface area contributed by atoms with Gasteiger partial charge in [0, 0.05) is 12.2 Å². The molecule has 4 heteroatoms. The summed E-state index contributed by atoms with van der Waals surface area (Å²) in [5, 5.41) is 3.69. The smallest absolute Gasteiger partial charge is 0.224 e. The molecule has 0 aromatic carbocycles. The Morgan fingerprint density at radius 2 is 1.87 bits per heavy atom. The van der Waals surface area contributed by atoms with Crippen molar-refractivity contribution in [3.05, 3.63) is 17.5 Å². The lowest BCUT2D eigenvalue weighted by Gasteiger charge is -2.06. The van der Waals surface area contributed by atoms with Crippen LogP contribution in [0.4, 0.5) is 5.82 Å². The largest absolute Gasteiger partial charge is 0.366 e. The first-order valence-corrected chi connectivity index (χ1v) is 5.48. The van der Waals surface area contributed by atoms with Crippen LogP contribution in [0.2, 0.25) is 5.28 Å². The second-order valence-corrected chi connectivity index (χ2v) is 5.57. The number of hydrogen-bond acceptors (Lipinski definition) is 3. The molecule has 82 valence electrons. The minimum absolute atomic E-state index is 0.288. The maximum absolute atomic E-state index is 5.73. The van der Waals surface area contributed by atoms with Crippen molar-refractivity contribution in [3.63, 3.8) is 0 Å². The Hall–Kier alpha value is -0.830. The summed E-state index contributed by atoms with van der Waals surface area (Å²) >= 11 is 5.73. The van der Waals surface area contributed by atoms with Crippen molar-refractivity contribution >= 4 is 17.4 Å². The normalized spacial score (nSPS) is 22.5. The molecule has 1 N–H and O–H groups in total. The van der Waals surface area contributed by atoms with Crippen LogP contribution in [0.1, 0.15) is 27.7 Å². The molecule has 1 aliphatic rings. The Kier molecular flexibility index (Phi) is 2.19. The van der Waals surface area contributed by atoms with E-state index in [0.29, 0.717) is 16.9 Å². The molecular formula is C11H16ClN3. The van der Waals surface area contributed by atoms with Gasteiger partial charge in [-0.25, -0.2) is 9.97 Å². The zero-order chi connectivity index (χ0) is 11.3. The van der Waals surface area contributed by atoms with Crippen LogP contribution in [0.25, 0.3) is 0 Å². The second kappa shape index (κ2) is 3.08. The quantitative estimate of drug-likeness (QED) is 0.787. The number of halogens is 1. The molecule has 0 spiro atoms. The van der Waals surface area contributed by atoms with Crippen LogP contribution in [0.15, 0.2) is 12.3 Å². The van der Waals surface area contributed by atoms with Crippen molar-refractivity contribution in [1.29, 1.82) is 0 Å². The third-order valence-corrected chi connectivity index (χ3v) is 4.12. The van der Waals surface area contributed by atoms with Crippen LogP contribution in [-0.4, -0.2) is 16.0 Å². The fraction of sp³-hybridized carbons (Fsp3) is 0.636. The third kappa shape index (κ3) is 1.59. The molecule has 2 rings (SSSR count). The van der Waals surface area contributed by atoms with Crippen LogP contribution in [0.3, 0.4) is 0 Å². The van der Waals surface area contributed by atoms with E-state index in [4.69, 9.17) is 11.6 Å². The van der Waals surface area contributed by atoms with Crippen LogP contribution < -0.4 is 5.32 Å². The van der Waals surface area contributed by atoms with E-state index in [1.54, 1.807) is 6.20 Å². The molecule has 1 heterocycles. The molecule has 1 aromatic rings. The van der Waals surface area contributed by atoms with Gasteiger partial charge >= 0.3 is 0 Å². The van der Waals surface area contributed by atoms with Gasteiger partial charge in [-0.15, -0.1) is 0 Å². The molecular weight excluding hydrogens is 210 g/mol. The molecule has 0 aliphatic heterocycles. The molecule has 1 aromatic heterocycles. The van der Waals surface area contributed by atoms with Gasteiger partial charge in [-0.3, -0.25) is 0 Å². The summed E-state index contributed by atoms with van der Waals surface area (Å²) in [6, 6.07) is 2.28. The molecule has 0 unspecified atom stereocenters. The highest BCUT2D eigenvalue weighted by molar-refractivity contribution is 6.28. The number of aromatic nitrogens is 2. The standard InChI is InChI=1S/C11H16ClN3/c1-10(2)8(11(10,3)4)14-7-5-6-13-9(12)15-7/h5-6,8H,1-4H3,(H,13,14,15). The molecule has 1 fully saturated rings. The van der Waals surface area contributed by atoms with E-state index in [9.17, 15) is 0 Å². The van der Waals surface area contributed by atoms with E-state index in [0.717, 1.165) is 5.82 Å². The highest BCUT2D eigenvalue weighted by Gasteiger charge is 2.65. The Morgan fingerprint density at radius 1 is 1.27 bits per heavy atom. The predicted molar refractivity (Wildman–Crippen MR) is 62.0 cm³/mol. The number of nitrogens with one attached hydrogen (secondary N) is 1. The monoisotopic (exact) mass is 225 g/mol. The van der Waals surface area contributed by atoms with Crippen LogP contribution in [-0.2, 0) is 0 Å². The van der Waals surface area contributed by atoms with Crippen molar-refractivity contribution in [3.8, 4) is 0 Å². The lowest BCUT2D eigenvalue weighted by molar-refractivity contribution is 0.457. The van der Waals surface area contributed by atoms with E-state index in [1.807, 2.05) is 6.07 Å². The van der Waals surface area contributed by atoms with Gasteiger partial charge < -0.3 is 5.32 Å². The Morgan fingerprint density at radius 3 is 2.33 bits per heavy atom. The van der Waals surface area contributed by atoms with Gasteiger partial charge in [-0.05, 0) is 28.5 Å². The molecule has 3 nitrogen and oxygen atoms in total. The molecule has 15 heavy (non-hydrogen) atoms. The lowest BCUT2D eigenvalue weighted by atomic mass is 10.0. The first-order valence-electron chi connectivity index (χ1n) is 5.11. The van der Waals surface area contributed by atoms with Gasteiger partial charge in [0.25, 0.3) is 0 Å². The van der Waals surface area contributed by atoms with Crippen molar-refractivity contribution in [1.82, 2.24) is 9.97 Å². The zero-order valence-corrected chi connectivity index (χ0v) is 10.3.